The van der Waals surface area contributed by atoms with Gasteiger partial charge in [-0.1, -0.05) is 97.1 Å². The fraction of sp³-hybridized carbons (Fsp3) is 0.0270. The molecule has 0 aliphatic heterocycles. The van der Waals surface area contributed by atoms with E-state index in [0.717, 1.165) is 38.6 Å². The highest BCUT2D eigenvalue weighted by molar-refractivity contribution is 6.08. The van der Waals surface area contributed by atoms with E-state index in [9.17, 15) is 0 Å². The third-order valence-corrected chi connectivity index (χ3v) is 7.48. The Bertz CT molecular complexity index is 1930. The van der Waals surface area contributed by atoms with Crippen LogP contribution in [-0.2, 0) is 6.54 Å². The van der Waals surface area contributed by atoms with E-state index in [2.05, 4.69) is 127 Å². The molecule has 0 atom stereocenters. The predicted molar refractivity (Wildman–Crippen MR) is 163 cm³/mol. The molecule has 2 heteroatoms. The molecule has 0 saturated carbocycles. The smallest absolute Gasteiger partial charge is 0.135 e. The van der Waals surface area contributed by atoms with Gasteiger partial charge in [0.2, 0.25) is 0 Å². The van der Waals surface area contributed by atoms with Crippen LogP contribution in [0, 0.1) is 0 Å². The number of furan rings is 1. The molecule has 0 unspecified atom stereocenters. The lowest BCUT2D eigenvalue weighted by atomic mass is 9.91. The van der Waals surface area contributed by atoms with Crippen LogP contribution in [-0.4, -0.2) is 0 Å². The SMILES string of the molecule is NCc1cccc2oc3ccc(-c4cc(-c5ccccc5)cc(-c5cccc(-c6ccccc6)c5)c4)cc3c12. The van der Waals surface area contributed by atoms with Gasteiger partial charge in [0.1, 0.15) is 11.2 Å². The monoisotopic (exact) mass is 501 g/mol. The number of hydrogen-bond donors (Lipinski definition) is 1. The molecule has 0 aliphatic carbocycles. The fourth-order valence-electron chi connectivity index (χ4n) is 5.52. The molecule has 0 spiro atoms. The van der Waals surface area contributed by atoms with E-state index in [1.807, 2.05) is 12.1 Å². The second-order valence-corrected chi connectivity index (χ2v) is 9.92. The Labute approximate surface area is 228 Å². The minimum Gasteiger partial charge on any atom is -0.456 e. The van der Waals surface area contributed by atoms with Crippen molar-refractivity contribution in [3.63, 3.8) is 0 Å². The van der Waals surface area contributed by atoms with Gasteiger partial charge in [-0.15, -0.1) is 0 Å². The highest BCUT2D eigenvalue weighted by Crippen LogP contribution is 2.38. The van der Waals surface area contributed by atoms with Gasteiger partial charge in [0.05, 0.1) is 0 Å². The third kappa shape index (κ3) is 4.31. The lowest BCUT2D eigenvalue weighted by Gasteiger charge is -2.13. The average Bonchev–Trinajstić information content (AvgIpc) is 3.40. The molecule has 1 heterocycles. The quantitative estimate of drug-likeness (QED) is 0.255. The van der Waals surface area contributed by atoms with Crippen molar-refractivity contribution in [1.29, 1.82) is 0 Å². The zero-order valence-electron chi connectivity index (χ0n) is 21.5. The second-order valence-electron chi connectivity index (χ2n) is 9.92. The summed E-state index contributed by atoms with van der Waals surface area (Å²) in [6, 6.07) is 49.4. The number of rotatable bonds is 5. The minimum absolute atomic E-state index is 0.474. The summed E-state index contributed by atoms with van der Waals surface area (Å²) in [5.41, 5.74) is 18.4. The van der Waals surface area contributed by atoms with Crippen LogP contribution >= 0.6 is 0 Å². The van der Waals surface area contributed by atoms with E-state index in [4.69, 9.17) is 10.2 Å². The summed E-state index contributed by atoms with van der Waals surface area (Å²) >= 11 is 0. The van der Waals surface area contributed by atoms with Crippen LogP contribution in [0.2, 0.25) is 0 Å². The predicted octanol–water partition coefficient (Wildman–Crippen LogP) is 9.71. The van der Waals surface area contributed by atoms with Crippen LogP contribution in [0.1, 0.15) is 5.56 Å². The van der Waals surface area contributed by atoms with Gasteiger partial charge in [-0.25, -0.2) is 0 Å². The van der Waals surface area contributed by atoms with Crippen LogP contribution in [0.25, 0.3) is 66.4 Å². The Morgan fingerprint density at radius 1 is 0.410 bits per heavy atom. The lowest BCUT2D eigenvalue weighted by molar-refractivity contribution is 0.668. The molecule has 0 amide bonds. The Hall–Kier alpha value is -4.92. The molecule has 0 radical (unpaired) electrons. The van der Waals surface area contributed by atoms with E-state index in [1.54, 1.807) is 0 Å². The van der Waals surface area contributed by atoms with Gasteiger partial charge in [-0.05, 0) is 92.5 Å². The normalized spacial score (nSPS) is 11.3. The summed E-state index contributed by atoms with van der Waals surface area (Å²) < 4.78 is 6.17. The zero-order chi connectivity index (χ0) is 26.2. The first-order valence-electron chi connectivity index (χ1n) is 13.3. The van der Waals surface area contributed by atoms with Gasteiger partial charge in [0.25, 0.3) is 0 Å². The van der Waals surface area contributed by atoms with E-state index < -0.39 is 0 Å². The second kappa shape index (κ2) is 9.75. The molecule has 0 bridgehead atoms. The number of fused-ring (bicyclic) bond motifs is 3. The van der Waals surface area contributed by atoms with Crippen LogP contribution in [0.3, 0.4) is 0 Å². The summed E-state index contributed by atoms with van der Waals surface area (Å²) in [5.74, 6) is 0. The maximum Gasteiger partial charge on any atom is 0.135 e. The number of benzene rings is 6. The molecule has 39 heavy (non-hydrogen) atoms. The highest BCUT2D eigenvalue weighted by Gasteiger charge is 2.13. The topological polar surface area (TPSA) is 39.2 Å². The summed E-state index contributed by atoms with van der Waals surface area (Å²) in [5, 5.41) is 2.20. The van der Waals surface area contributed by atoms with Crippen molar-refractivity contribution in [2.24, 2.45) is 5.73 Å². The largest absolute Gasteiger partial charge is 0.456 e. The molecular weight excluding hydrogens is 474 g/mol. The number of nitrogens with two attached hydrogens (primary N) is 1. The van der Waals surface area contributed by atoms with Gasteiger partial charge in [0.15, 0.2) is 0 Å². The molecule has 0 fully saturated rings. The zero-order valence-corrected chi connectivity index (χ0v) is 21.5. The van der Waals surface area contributed by atoms with E-state index >= 15 is 0 Å². The maximum absolute atomic E-state index is 6.17. The summed E-state index contributed by atoms with van der Waals surface area (Å²) in [7, 11) is 0. The molecule has 0 aliphatic rings. The minimum atomic E-state index is 0.474. The van der Waals surface area contributed by atoms with Gasteiger partial charge >= 0.3 is 0 Å². The van der Waals surface area contributed by atoms with Crippen molar-refractivity contribution in [3.05, 3.63) is 145 Å². The van der Waals surface area contributed by atoms with Crippen molar-refractivity contribution in [2.45, 2.75) is 6.54 Å². The molecule has 7 rings (SSSR count). The summed E-state index contributed by atoms with van der Waals surface area (Å²) in [4.78, 5) is 0. The van der Waals surface area contributed by atoms with E-state index in [1.165, 1.54) is 33.4 Å². The Kier molecular flexibility index (Phi) is 5.81. The first-order valence-corrected chi connectivity index (χ1v) is 13.3. The summed E-state index contributed by atoms with van der Waals surface area (Å²) in [6.45, 7) is 0.474. The maximum atomic E-state index is 6.17. The van der Waals surface area contributed by atoms with Crippen molar-refractivity contribution in [2.75, 3.05) is 0 Å². The van der Waals surface area contributed by atoms with E-state index in [-0.39, 0.29) is 0 Å². The van der Waals surface area contributed by atoms with Crippen molar-refractivity contribution in [3.8, 4) is 44.5 Å². The van der Waals surface area contributed by atoms with Gasteiger partial charge < -0.3 is 10.2 Å². The van der Waals surface area contributed by atoms with E-state index in [0.29, 0.717) is 6.54 Å². The Morgan fingerprint density at radius 3 is 1.59 bits per heavy atom. The molecule has 2 N–H and O–H groups in total. The first-order chi connectivity index (χ1) is 19.3. The van der Waals surface area contributed by atoms with Crippen molar-refractivity contribution < 1.29 is 4.42 Å². The molecule has 1 aromatic heterocycles. The highest BCUT2D eigenvalue weighted by atomic mass is 16.3. The van der Waals surface area contributed by atoms with Crippen LogP contribution < -0.4 is 5.73 Å². The van der Waals surface area contributed by atoms with Crippen LogP contribution in [0.5, 0.6) is 0 Å². The standard InChI is InChI=1S/C37H27NO/c38-24-30-15-8-16-36-37(30)34-23-29(17-18-35(34)39-36)33-21-31(26-11-5-2-6-12-26)20-32(22-33)28-14-7-13-27(19-28)25-9-3-1-4-10-25/h1-23H,24,38H2. The molecular formula is C37H27NO. The average molecular weight is 502 g/mol. The summed E-state index contributed by atoms with van der Waals surface area (Å²) in [6.07, 6.45) is 0. The molecule has 2 nitrogen and oxygen atoms in total. The van der Waals surface area contributed by atoms with Crippen LogP contribution in [0.15, 0.2) is 144 Å². The Morgan fingerprint density at radius 2 is 0.923 bits per heavy atom. The van der Waals surface area contributed by atoms with Crippen molar-refractivity contribution >= 4 is 21.9 Å². The third-order valence-electron chi connectivity index (χ3n) is 7.48. The number of hydrogen-bond acceptors (Lipinski definition) is 2. The lowest BCUT2D eigenvalue weighted by Crippen LogP contribution is -1.96. The molecule has 0 saturated heterocycles. The Balaban J connectivity index is 1.42. The van der Waals surface area contributed by atoms with Crippen molar-refractivity contribution in [1.82, 2.24) is 0 Å². The molecule has 186 valence electrons. The van der Waals surface area contributed by atoms with Gasteiger partial charge in [-0.2, -0.15) is 0 Å². The molecule has 6 aromatic carbocycles. The first kappa shape index (κ1) is 23.2. The van der Waals surface area contributed by atoms with Crippen LogP contribution in [0.4, 0.5) is 0 Å². The molecule has 7 aromatic rings. The fourth-order valence-corrected chi connectivity index (χ4v) is 5.52. The van der Waals surface area contributed by atoms with Gasteiger partial charge in [-0.3, -0.25) is 0 Å². The van der Waals surface area contributed by atoms with Gasteiger partial charge in [0, 0.05) is 17.3 Å².